The molecule has 0 saturated heterocycles. The molecule has 0 bridgehead atoms. The summed E-state index contributed by atoms with van der Waals surface area (Å²) in [5.41, 5.74) is 7.69. The second kappa shape index (κ2) is 10.9. The van der Waals surface area contributed by atoms with E-state index in [4.69, 9.17) is 5.73 Å². The van der Waals surface area contributed by atoms with Crippen LogP contribution in [0.5, 0.6) is 0 Å². The third-order valence-corrected chi connectivity index (χ3v) is 3.63. The maximum Gasteiger partial charge on any atom is 0.335 e. The second-order valence-corrected chi connectivity index (χ2v) is 5.30. The van der Waals surface area contributed by atoms with E-state index in [1.54, 1.807) is 0 Å². The van der Waals surface area contributed by atoms with Crippen LogP contribution in [0.3, 0.4) is 0 Å². The summed E-state index contributed by atoms with van der Waals surface area (Å²) in [5.74, 6) is 1.04. The summed E-state index contributed by atoms with van der Waals surface area (Å²) in [4.78, 5) is 23.0. The van der Waals surface area contributed by atoms with Gasteiger partial charge in [-0.25, -0.2) is 10.2 Å². The van der Waals surface area contributed by atoms with Gasteiger partial charge in [0.2, 0.25) is 0 Å². The van der Waals surface area contributed by atoms with Crippen LogP contribution >= 0.6 is 0 Å². The Hall–Kier alpha value is -0.742. The van der Waals surface area contributed by atoms with Gasteiger partial charge in [-0.3, -0.25) is 4.79 Å². The molecule has 1 saturated carbocycles. The number of carbonyl (C=O) groups excluding carboxylic acids is 2. The number of hydrogen-bond acceptors (Lipinski definition) is 4. The van der Waals surface area contributed by atoms with Gasteiger partial charge in [-0.15, -0.1) is 0 Å². The molecule has 1 atom stereocenters. The zero-order chi connectivity index (χ0) is 15.0. The van der Waals surface area contributed by atoms with Crippen LogP contribution in [-0.2, 0) is 25.9 Å². The molecule has 2 amide bonds. The van der Waals surface area contributed by atoms with Crippen LogP contribution in [0.15, 0.2) is 5.10 Å². The summed E-state index contributed by atoms with van der Waals surface area (Å²) in [7, 11) is 0. The molecule has 1 aliphatic rings. The van der Waals surface area contributed by atoms with Crippen molar-refractivity contribution in [1.29, 1.82) is 0 Å². The molecule has 1 fully saturated rings. The molecule has 21 heavy (non-hydrogen) atoms. The maximum atomic E-state index is 11.6. The zero-order valence-corrected chi connectivity index (χ0v) is 15.4. The number of urea groups is 1. The molecule has 0 aromatic heterocycles. The Morgan fingerprint density at radius 1 is 1.38 bits per heavy atom. The van der Waals surface area contributed by atoms with Crippen molar-refractivity contribution < 1.29 is 30.7 Å². The van der Waals surface area contributed by atoms with Crippen LogP contribution in [0.1, 0.15) is 39.0 Å². The monoisotopic (exact) mass is 465 g/mol. The van der Waals surface area contributed by atoms with Crippen LogP contribution in [0.25, 0.3) is 0 Å². The second-order valence-electron chi connectivity index (χ2n) is 5.30. The van der Waals surface area contributed by atoms with Gasteiger partial charge in [0.25, 0.3) is 0 Å². The zero-order valence-electron chi connectivity index (χ0n) is 12.5. The van der Waals surface area contributed by atoms with Crippen molar-refractivity contribution in [3.05, 3.63) is 6.92 Å². The number of rotatable bonds is 6. The van der Waals surface area contributed by atoms with E-state index in [2.05, 4.69) is 22.8 Å². The number of hydrogen-bond donors (Lipinski definition) is 3. The van der Waals surface area contributed by atoms with Gasteiger partial charge in [0.1, 0.15) is 5.78 Å². The van der Waals surface area contributed by atoms with Crippen LogP contribution < -0.4 is 16.5 Å². The Morgan fingerprint density at radius 2 is 2.00 bits per heavy atom. The Bertz CT molecular complexity index is 353. The number of carbonyl (C=O) groups is 2. The average Bonchev–Trinajstić information content (AvgIpc) is 2.44. The van der Waals surface area contributed by atoms with Gasteiger partial charge < -0.3 is 18.0 Å². The molecule has 0 aromatic rings. The Labute approximate surface area is 140 Å². The van der Waals surface area contributed by atoms with Crippen molar-refractivity contribution in [3.63, 3.8) is 0 Å². The van der Waals surface area contributed by atoms with Gasteiger partial charge in [0.15, 0.2) is 0 Å². The number of hydrazone groups is 1. The summed E-state index contributed by atoms with van der Waals surface area (Å²) in [6.07, 6.45) is 5.85. The molecular formula is C14H25N4O2W-. The standard InChI is InChI=1S/C14H25N4O2.W/c1-3-13(19)12-6-4-11(5-7-12)9-16-14(20)18-17-8-10(2)15;/h8,10-12H,2-7,9,15H2,1H3,(H2,16,18,20);/q-1;/b17-8+;/t10-,11?,12?;/m0./s1. The normalized spacial score (nSPS) is 23.2. The number of nitrogens with zero attached hydrogens (tertiary/aromatic N) is 1. The van der Waals surface area contributed by atoms with Gasteiger partial charge in [0, 0.05) is 46.2 Å². The predicted molar refractivity (Wildman–Crippen MR) is 79.1 cm³/mol. The molecule has 0 aliphatic heterocycles. The van der Waals surface area contributed by atoms with E-state index in [0.29, 0.717) is 24.7 Å². The first-order chi connectivity index (χ1) is 9.52. The van der Waals surface area contributed by atoms with Gasteiger partial charge in [-0.05, 0) is 31.6 Å². The third-order valence-electron chi connectivity index (χ3n) is 3.63. The summed E-state index contributed by atoms with van der Waals surface area (Å²) in [6.45, 7) is 6.04. The number of ketones is 1. The minimum absolute atomic E-state index is 0. The first-order valence-electron chi connectivity index (χ1n) is 7.21. The first kappa shape index (κ1) is 20.3. The van der Waals surface area contributed by atoms with Crippen molar-refractivity contribution in [2.75, 3.05) is 6.54 Å². The predicted octanol–water partition coefficient (Wildman–Crippen LogP) is 1.22. The van der Waals surface area contributed by atoms with Gasteiger partial charge in [-0.2, -0.15) is 5.10 Å². The Morgan fingerprint density at radius 3 is 2.52 bits per heavy atom. The van der Waals surface area contributed by atoms with Gasteiger partial charge in [-0.1, -0.05) is 13.0 Å². The van der Waals surface area contributed by atoms with E-state index < -0.39 is 6.04 Å². The fourth-order valence-corrected chi connectivity index (χ4v) is 2.45. The molecule has 1 rings (SSSR count). The van der Waals surface area contributed by atoms with Crippen molar-refractivity contribution in [3.8, 4) is 0 Å². The maximum absolute atomic E-state index is 11.6. The van der Waals surface area contributed by atoms with Crippen LogP contribution in [-0.4, -0.2) is 30.6 Å². The topological polar surface area (TPSA) is 96.6 Å². The van der Waals surface area contributed by atoms with Crippen LogP contribution in [0.2, 0.25) is 0 Å². The van der Waals surface area contributed by atoms with Crippen molar-refractivity contribution in [2.45, 2.75) is 45.1 Å². The molecular weight excluding hydrogens is 440 g/mol. The number of amides is 2. The molecule has 0 aromatic carbocycles. The van der Waals surface area contributed by atoms with Crippen molar-refractivity contribution in [1.82, 2.24) is 10.7 Å². The summed E-state index contributed by atoms with van der Waals surface area (Å²) in [6, 6.07) is -0.768. The van der Waals surface area contributed by atoms with E-state index in [9.17, 15) is 9.59 Å². The third kappa shape index (κ3) is 8.32. The molecule has 0 radical (unpaired) electrons. The average molecular weight is 465 g/mol. The van der Waals surface area contributed by atoms with Crippen molar-refractivity contribution in [2.24, 2.45) is 22.7 Å². The molecule has 120 valence electrons. The molecule has 4 N–H and O–H groups in total. The van der Waals surface area contributed by atoms with Gasteiger partial charge >= 0.3 is 6.03 Å². The number of Topliss-reactive ketones (excluding diaryl/α,β-unsaturated/α-hetero) is 1. The molecule has 0 heterocycles. The Balaban J connectivity index is 0.00000400. The van der Waals surface area contributed by atoms with Crippen LogP contribution in [0.4, 0.5) is 4.79 Å². The summed E-state index contributed by atoms with van der Waals surface area (Å²) < 4.78 is 0. The van der Waals surface area contributed by atoms with E-state index in [1.165, 1.54) is 6.21 Å². The van der Waals surface area contributed by atoms with Crippen LogP contribution in [0, 0.1) is 18.8 Å². The SMILES string of the molecule is [CH2-][C@H](N)/C=N/NC(=O)NCC1CCC(C(=O)CC)CC1.[W]. The molecule has 0 unspecified atom stereocenters. The van der Waals surface area contributed by atoms with Crippen molar-refractivity contribution >= 4 is 18.0 Å². The van der Waals surface area contributed by atoms with E-state index in [1.807, 2.05) is 6.92 Å². The van der Waals surface area contributed by atoms with E-state index in [-0.39, 0.29) is 33.0 Å². The molecule has 6 nitrogen and oxygen atoms in total. The fourth-order valence-electron chi connectivity index (χ4n) is 2.45. The van der Waals surface area contributed by atoms with Gasteiger partial charge in [0.05, 0.1) is 0 Å². The number of nitrogens with one attached hydrogen (secondary N) is 2. The molecule has 1 aliphatic carbocycles. The minimum Gasteiger partial charge on any atom is -0.352 e. The largest absolute Gasteiger partial charge is 0.352 e. The fraction of sp³-hybridized carbons (Fsp3) is 0.714. The van der Waals surface area contributed by atoms with E-state index >= 15 is 0 Å². The quantitative estimate of drug-likeness (QED) is 0.313. The smallest absolute Gasteiger partial charge is 0.335 e. The summed E-state index contributed by atoms with van der Waals surface area (Å²) >= 11 is 0. The number of nitrogens with two attached hydrogens (primary N) is 1. The molecule has 0 spiro atoms. The first-order valence-corrected chi connectivity index (χ1v) is 7.21. The summed E-state index contributed by atoms with van der Waals surface area (Å²) in [5, 5.41) is 6.44. The minimum atomic E-state index is -0.429. The molecule has 7 heteroatoms. The van der Waals surface area contributed by atoms with E-state index in [0.717, 1.165) is 25.7 Å². The Kier molecular flexibility index (Phi) is 10.5.